The van der Waals surface area contributed by atoms with Crippen molar-refractivity contribution in [2.45, 2.75) is 116 Å². The van der Waals surface area contributed by atoms with Crippen LogP contribution in [0.15, 0.2) is 65.6 Å². The van der Waals surface area contributed by atoms with Gasteiger partial charge in [-0.3, -0.25) is 9.42 Å². The molecule has 2 unspecified atom stereocenters. The number of phosphoric ester groups is 1. The predicted octanol–water partition coefficient (Wildman–Crippen LogP) is 9.70. The molecular formula is C36H55NO6PS+. The van der Waals surface area contributed by atoms with Gasteiger partial charge in [0.1, 0.15) is 24.2 Å². The van der Waals surface area contributed by atoms with E-state index in [1.807, 2.05) is 46.8 Å². The van der Waals surface area contributed by atoms with Gasteiger partial charge in [0.2, 0.25) is 5.51 Å². The van der Waals surface area contributed by atoms with E-state index in [1.165, 1.54) is 82.6 Å². The minimum absolute atomic E-state index is 0.130. The van der Waals surface area contributed by atoms with E-state index >= 15 is 0 Å². The van der Waals surface area contributed by atoms with E-state index < -0.39 is 13.9 Å². The third-order valence-electron chi connectivity index (χ3n) is 7.67. The topological polar surface area (TPSA) is 78.1 Å². The molecule has 0 amide bonds. The largest absolute Gasteiger partial charge is 0.527 e. The lowest BCUT2D eigenvalue weighted by molar-refractivity contribution is -0.683. The second-order valence-electron chi connectivity index (χ2n) is 11.8. The maximum absolute atomic E-state index is 12.7. The molecule has 0 saturated heterocycles. The molecule has 0 aliphatic rings. The number of aryl methyl sites for hydroxylation is 1. The maximum Gasteiger partial charge on any atom is 0.527 e. The Bertz CT molecular complexity index is 1210. The third-order valence-corrected chi connectivity index (χ3v) is 9.26. The third kappa shape index (κ3) is 16.8. The van der Waals surface area contributed by atoms with E-state index in [-0.39, 0.29) is 19.0 Å². The van der Waals surface area contributed by atoms with Crippen molar-refractivity contribution in [2.24, 2.45) is 0 Å². The Morgan fingerprint density at radius 1 is 0.800 bits per heavy atom. The zero-order valence-electron chi connectivity index (χ0n) is 27.4. The van der Waals surface area contributed by atoms with Gasteiger partial charge in [-0.1, -0.05) is 120 Å². The van der Waals surface area contributed by atoms with Crippen molar-refractivity contribution < 1.29 is 32.5 Å². The quantitative estimate of drug-likeness (QED) is 0.0525. The summed E-state index contributed by atoms with van der Waals surface area (Å²) in [5.41, 5.74) is 4.27. The number of rotatable bonds is 26. The van der Waals surface area contributed by atoms with E-state index in [2.05, 4.69) is 19.1 Å². The molecule has 0 spiro atoms. The average molecular weight is 661 g/mol. The molecule has 0 fully saturated rings. The lowest BCUT2D eigenvalue weighted by Gasteiger charge is -2.20. The molecule has 7 nitrogen and oxygen atoms in total. The Hall–Kier alpha value is -2.22. The minimum atomic E-state index is -4.36. The monoisotopic (exact) mass is 660 g/mol. The minimum Gasteiger partial charge on any atom is -0.491 e. The van der Waals surface area contributed by atoms with Gasteiger partial charge < -0.3 is 14.0 Å². The number of ether oxygens (including phenoxy) is 2. The summed E-state index contributed by atoms with van der Waals surface area (Å²) < 4.78 is 37.3. The number of phosphoric acid groups is 1. The van der Waals surface area contributed by atoms with Gasteiger partial charge in [-0.15, -0.1) is 0 Å². The smallest absolute Gasteiger partial charge is 0.491 e. The van der Waals surface area contributed by atoms with Gasteiger partial charge in [-0.2, -0.15) is 4.57 Å². The van der Waals surface area contributed by atoms with E-state index in [1.54, 1.807) is 29.5 Å². The van der Waals surface area contributed by atoms with E-state index in [0.717, 1.165) is 24.2 Å². The van der Waals surface area contributed by atoms with Gasteiger partial charge in [0.05, 0.1) is 12.0 Å². The average Bonchev–Trinajstić information content (AvgIpc) is 3.55. The highest BCUT2D eigenvalue weighted by atomic mass is 32.1. The molecule has 0 aliphatic heterocycles. The molecule has 2 aromatic carbocycles. The fourth-order valence-electron chi connectivity index (χ4n) is 5.14. The number of nitrogens with zero attached hydrogens (tertiary/aromatic N) is 1. The van der Waals surface area contributed by atoms with Gasteiger partial charge in [0, 0.05) is 12.2 Å². The fourth-order valence-corrected chi connectivity index (χ4v) is 6.53. The summed E-state index contributed by atoms with van der Waals surface area (Å²) in [4.78, 5) is 10.4. The number of hydrogen-bond donors (Lipinski definition) is 1. The highest BCUT2D eigenvalue weighted by Gasteiger charge is 2.26. The molecular weight excluding hydrogens is 605 g/mol. The number of hydrogen-bond acceptors (Lipinski definition) is 6. The summed E-state index contributed by atoms with van der Waals surface area (Å²) in [5, 5.41) is 1.99. The van der Waals surface area contributed by atoms with Gasteiger partial charge in [-0.05, 0) is 49.1 Å². The van der Waals surface area contributed by atoms with Crippen LogP contribution in [0.2, 0.25) is 0 Å². The Morgan fingerprint density at radius 2 is 1.49 bits per heavy atom. The van der Waals surface area contributed by atoms with Gasteiger partial charge in [0.25, 0.3) is 0 Å². The second-order valence-corrected chi connectivity index (χ2v) is 13.9. The summed E-state index contributed by atoms with van der Waals surface area (Å²) in [6, 6.07) is 15.3. The maximum atomic E-state index is 12.7. The first kappa shape index (κ1) is 37.2. The molecule has 1 N–H and O–H groups in total. The summed E-state index contributed by atoms with van der Waals surface area (Å²) in [5.74, 6) is 1.02. The molecule has 1 aromatic heterocycles. The fraction of sp³-hybridized carbons (Fsp3) is 0.583. The van der Waals surface area contributed by atoms with Crippen LogP contribution in [0.5, 0.6) is 11.5 Å². The molecule has 250 valence electrons. The number of unbranched alkanes of at least 4 members (excludes halogenated alkanes) is 11. The van der Waals surface area contributed by atoms with Crippen LogP contribution in [0.1, 0.15) is 108 Å². The number of aromatic nitrogens is 1. The molecule has 45 heavy (non-hydrogen) atoms. The zero-order chi connectivity index (χ0) is 32.0. The van der Waals surface area contributed by atoms with Crippen LogP contribution < -0.4 is 13.8 Å². The molecule has 0 saturated carbocycles. The molecule has 0 aliphatic carbocycles. The van der Waals surface area contributed by atoms with Crippen molar-refractivity contribution in [3.8, 4) is 11.5 Å². The Kier molecular flexibility index (Phi) is 18.5. The molecule has 0 bridgehead atoms. The van der Waals surface area contributed by atoms with Crippen LogP contribution >= 0.6 is 19.2 Å². The highest BCUT2D eigenvalue weighted by molar-refractivity contribution is 7.47. The first-order valence-corrected chi connectivity index (χ1v) is 19.4. The van der Waals surface area contributed by atoms with Gasteiger partial charge in [-0.25, -0.2) is 4.57 Å². The van der Waals surface area contributed by atoms with Crippen molar-refractivity contribution in [3.63, 3.8) is 0 Å². The standard InChI is InChI=1S/C36H54NO6PS/c1-3-5-6-7-8-9-10-11-12-13-14-15-17-32-20-22-34(23-21-32)41-29-36(40-25-4-2)30-42-44(38,39)43-35-19-16-18-33(27-35)28-37-24-26-45-31-37/h16,18-24,26-27,31,36H,3-15,17,25,28-30H2,1-2H3/p+1. The first-order chi connectivity index (χ1) is 22.0. The van der Waals surface area contributed by atoms with Crippen LogP contribution in [-0.4, -0.2) is 30.8 Å². The lowest BCUT2D eigenvalue weighted by Crippen LogP contribution is -2.30. The van der Waals surface area contributed by atoms with Crippen LogP contribution in [-0.2, 0) is 26.8 Å². The van der Waals surface area contributed by atoms with E-state index in [4.69, 9.17) is 18.5 Å². The summed E-state index contributed by atoms with van der Waals surface area (Å²) in [6.07, 6.45) is 19.6. The Morgan fingerprint density at radius 3 is 2.13 bits per heavy atom. The van der Waals surface area contributed by atoms with Crippen LogP contribution in [0.25, 0.3) is 0 Å². The molecule has 0 radical (unpaired) electrons. The van der Waals surface area contributed by atoms with Crippen molar-refractivity contribution in [2.75, 3.05) is 19.8 Å². The SMILES string of the molecule is CCCCCCCCCCCCCCc1ccc(OCC(COP(=O)(O)Oc2cccc(C[n+]3ccsc3)c2)OCCC)cc1. The Balaban J connectivity index is 1.33. The molecule has 2 atom stereocenters. The summed E-state index contributed by atoms with van der Waals surface area (Å²) in [7, 11) is -4.36. The molecule has 9 heteroatoms. The van der Waals surface area contributed by atoms with Crippen molar-refractivity contribution in [3.05, 3.63) is 76.7 Å². The lowest BCUT2D eigenvalue weighted by atomic mass is 10.0. The second kappa shape index (κ2) is 22.3. The van der Waals surface area contributed by atoms with Crippen molar-refractivity contribution >= 4 is 19.2 Å². The first-order valence-electron chi connectivity index (χ1n) is 17.0. The van der Waals surface area contributed by atoms with Crippen LogP contribution in [0.3, 0.4) is 0 Å². The van der Waals surface area contributed by atoms with Crippen LogP contribution in [0.4, 0.5) is 0 Å². The van der Waals surface area contributed by atoms with Crippen molar-refractivity contribution in [1.29, 1.82) is 0 Å². The summed E-state index contributed by atoms with van der Waals surface area (Å²) in [6.45, 7) is 5.49. The highest BCUT2D eigenvalue weighted by Crippen LogP contribution is 2.44. The normalized spacial score (nSPS) is 13.4. The predicted molar refractivity (Wildman–Crippen MR) is 183 cm³/mol. The van der Waals surface area contributed by atoms with Gasteiger partial charge >= 0.3 is 7.82 Å². The molecule has 3 rings (SSSR count). The Labute approximate surface area is 275 Å². The van der Waals surface area contributed by atoms with E-state index in [9.17, 15) is 9.46 Å². The zero-order valence-corrected chi connectivity index (χ0v) is 29.2. The number of thiazole rings is 1. The van der Waals surface area contributed by atoms with E-state index in [0.29, 0.717) is 13.2 Å². The number of benzene rings is 2. The summed E-state index contributed by atoms with van der Waals surface area (Å²) >= 11 is 1.60. The molecule has 3 aromatic rings. The molecule has 1 heterocycles. The van der Waals surface area contributed by atoms with Crippen LogP contribution in [0, 0.1) is 0 Å². The van der Waals surface area contributed by atoms with Gasteiger partial charge in [0.15, 0.2) is 12.7 Å². The van der Waals surface area contributed by atoms with Crippen molar-refractivity contribution in [1.82, 2.24) is 0 Å².